The van der Waals surface area contributed by atoms with E-state index in [1.807, 2.05) is 41.9 Å². The lowest BCUT2D eigenvalue weighted by Gasteiger charge is -2.13. The van der Waals surface area contributed by atoms with Crippen LogP contribution in [0.3, 0.4) is 0 Å². The molecule has 2 aromatic heterocycles. The molecule has 8 heteroatoms. The molecular weight excluding hydrogens is 438 g/mol. The molecule has 0 fully saturated rings. The molecule has 0 saturated heterocycles. The van der Waals surface area contributed by atoms with E-state index in [1.165, 1.54) is 19.2 Å². The summed E-state index contributed by atoms with van der Waals surface area (Å²) in [5, 5.41) is 0. The predicted octanol–water partition coefficient (Wildman–Crippen LogP) is 5.30. The van der Waals surface area contributed by atoms with Gasteiger partial charge in [0, 0.05) is 18.0 Å². The molecule has 4 rings (SSSR count). The molecule has 0 radical (unpaired) electrons. The number of unbranched alkanes of at least 4 members (excludes halogenated alkanes) is 1. The molecule has 7 nitrogen and oxygen atoms in total. The van der Waals surface area contributed by atoms with Crippen molar-refractivity contribution in [2.45, 2.75) is 31.6 Å². The van der Waals surface area contributed by atoms with Crippen LogP contribution in [0.4, 0.5) is 5.69 Å². The van der Waals surface area contributed by atoms with Crippen LogP contribution in [0, 0.1) is 6.92 Å². The number of imidazole rings is 1. The van der Waals surface area contributed by atoms with Gasteiger partial charge in [-0.1, -0.05) is 13.3 Å². The molecule has 0 aliphatic rings. The molecule has 0 aliphatic carbocycles. The van der Waals surface area contributed by atoms with E-state index in [9.17, 15) is 8.42 Å². The summed E-state index contributed by atoms with van der Waals surface area (Å²) < 4.78 is 41.7. The van der Waals surface area contributed by atoms with Crippen molar-refractivity contribution in [3.8, 4) is 22.8 Å². The number of hydrogen-bond donors (Lipinski definition) is 1. The van der Waals surface area contributed by atoms with Gasteiger partial charge < -0.3 is 13.9 Å². The van der Waals surface area contributed by atoms with Crippen molar-refractivity contribution < 1.29 is 17.9 Å². The van der Waals surface area contributed by atoms with Crippen molar-refractivity contribution in [1.29, 1.82) is 0 Å². The number of anilines is 1. The fourth-order valence-corrected chi connectivity index (χ4v) is 4.48. The quantitative estimate of drug-likeness (QED) is 0.339. The molecule has 33 heavy (non-hydrogen) atoms. The fourth-order valence-electron chi connectivity index (χ4n) is 3.42. The van der Waals surface area contributed by atoms with E-state index in [-0.39, 0.29) is 4.90 Å². The van der Waals surface area contributed by atoms with E-state index < -0.39 is 10.0 Å². The Balaban J connectivity index is 1.61. The molecule has 2 heterocycles. The number of methoxy groups -OCH3 is 1. The van der Waals surface area contributed by atoms with E-state index in [1.54, 1.807) is 24.3 Å². The van der Waals surface area contributed by atoms with Crippen molar-refractivity contribution in [3.63, 3.8) is 0 Å². The first-order valence-electron chi connectivity index (χ1n) is 10.8. The lowest BCUT2D eigenvalue weighted by Crippen LogP contribution is -2.13. The second kappa shape index (κ2) is 9.54. The Morgan fingerprint density at radius 3 is 2.58 bits per heavy atom. The van der Waals surface area contributed by atoms with Gasteiger partial charge in [-0.15, -0.1) is 0 Å². The highest BCUT2D eigenvalue weighted by atomic mass is 32.2. The third-order valence-electron chi connectivity index (χ3n) is 5.26. The molecular formula is C25H27N3O4S. The lowest BCUT2D eigenvalue weighted by molar-refractivity contribution is 0.309. The summed E-state index contributed by atoms with van der Waals surface area (Å²) >= 11 is 0. The molecule has 172 valence electrons. The van der Waals surface area contributed by atoms with E-state index in [0.717, 1.165) is 35.3 Å². The number of benzene rings is 2. The minimum Gasteiger partial charge on any atom is -0.495 e. The summed E-state index contributed by atoms with van der Waals surface area (Å²) in [7, 11) is -2.33. The first kappa shape index (κ1) is 22.7. The number of hydrogen-bond acceptors (Lipinski definition) is 5. The van der Waals surface area contributed by atoms with Crippen LogP contribution >= 0.6 is 0 Å². The van der Waals surface area contributed by atoms with E-state index in [0.29, 0.717) is 23.8 Å². The van der Waals surface area contributed by atoms with Gasteiger partial charge in [0.25, 0.3) is 10.0 Å². The Morgan fingerprint density at radius 1 is 1.06 bits per heavy atom. The maximum absolute atomic E-state index is 13.0. The van der Waals surface area contributed by atoms with Gasteiger partial charge in [-0.25, -0.2) is 13.4 Å². The monoisotopic (exact) mass is 465 g/mol. The lowest BCUT2D eigenvalue weighted by atomic mass is 10.1. The summed E-state index contributed by atoms with van der Waals surface area (Å²) in [6, 6.07) is 15.7. The molecule has 1 N–H and O–H groups in total. The first-order valence-corrected chi connectivity index (χ1v) is 12.3. The summed E-state index contributed by atoms with van der Waals surface area (Å²) in [6.45, 7) is 4.70. The average Bonchev–Trinajstić information content (AvgIpc) is 3.22. The van der Waals surface area contributed by atoms with Gasteiger partial charge >= 0.3 is 0 Å². The van der Waals surface area contributed by atoms with Crippen LogP contribution in [0.5, 0.6) is 11.5 Å². The highest BCUT2D eigenvalue weighted by Crippen LogP contribution is 2.32. The van der Waals surface area contributed by atoms with Crippen molar-refractivity contribution in [1.82, 2.24) is 9.38 Å². The Hall–Kier alpha value is -3.52. The van der Waals surface area contributed by atoms with Gasteiger partial charge in [-0.05, 0) is 73.5 Å². The molecule has 0 amide bonds. The van der Waals surface area contributed by atoms with Gasteiger partial charge in [-0.2, -0.15) is 0 Å². The van der Waals surface area contributed by atoms with Gasteiger partial charge in [0.05, 0.1) is 30.0 Å². The van der Waals surface area contributed by atoms with Crippen molar-refractivity contribution >= 4 is 21.4 Å². The number of nitrogens with zero attached hydrogens (tertiary/aromatic N) is 2. The van der Waals surface area contributed by atoms with Crippen molar-refractivity contribution in [3.05, 3.63) is 72.6 Å². The highest BCUT2D eigenvalue weighted by Gasteiger charge is 2.18. The summed E-state index contributed by atoms with van der Waals surface area (Å²) in [5.41, 5.74) is 3.78. The third kappa shape index (κ3) is 5.12. The van der Waals surface area contributed by atoms with Crippen LogP contribution in [-0.4, -0.2) is 31.5 Å². The van der Waals surface area contributed by atoms with Gasteiger partial charge in [-0.3, -0.25) is 4.72 Å². The maximum Gasteiger partial charge on any atom is 0.262 e. The summed E-state index contributed by atoms with van der Waals surface area (Å²) in [5.74, 6) is 1.06. The van der Waals surface area contributed by atoms with Gasteiger partial charge in [0.15, 0.2) is 0 Å². The molecule has 0 spiro atoms. The fraction of sp³-hybridized carbons (Fsp3) is 0.240. The highest BCUT2D eigenvalue weighted by molar-refractivity contribution is 7.92. The normalized spacial score (nSPS) is 11.5. The average molecular weight is 466 g/mol. The minimum atomic E-state index is -3.83. The molecule has 2 aromatic carbocycles. The number of fused-ring (bicyclic) bond motifs is 1. The van der Waals surface area contributed by atoms with Crippen LogP contribution in [0.2, 0.25) is 0 Å². The number of nitrogens with one attached hydrogen (secondary N) is 1. The van der Waals surface area contributed by atoms with E-state index in [2.05, 4.69) is 16.6 Å². The Bertz CT molecular complexity index is 1360. The number of ether oxygens (including phenoxy) is 2. The standard InChI is InChI=1S/C25H27N3O4S/c1-4-5-14-32-20-7-9-21(10-8-20)33(29,30)27-22-16-19(6-11-24(22)31-3)23-17-28-13-12-18(2)15-25(28)26-23/h6-13,15-17,27H,4-5,14H2,1-3H3. The third-order valence-corrected chi connectivity index (χ3v) is 6.64. The predicted molar refractivity (Wildman–Crippen MR) is 130 cm³/mol. The van der Waals surface area contributed by atoms with E-state index in [4.69, 9.17) is 9.47 Å². The number of pyridine rings is 1. The van der Waals surface area contributed by atoms with Crippen LogP contribution < -0.4 is 14.2 Å². The van der Waals surface area contributed by atoms with Crippen molar-refractivity contribution in [2.75, 3.05) is 18.4 Å². The zero-order valence-electron chi connectivity index (χ0n) is 18.9. The summed E-state index contributed by atoms with van der Waals surface area (Å²) in [4.78, 5) is 4.81. The van der Waals surface area contributed by atoms with Gasteiger partial charge in [0.2, 0.25) is 0 Å². The van der Waals surface area contributed by atoms with Crippen LogP contribution in [0.1, 0.15) is 25.3 Å². The SMILES string of the molecule is CCCCOc1ccc(S(=O)(=O)Nc2cc(-c3cn4ccc(C)cc4n3)ccc2OC)cc1. The largest absolute Gasteiger partial charge is 0.495 e. The molecule has 0 bridgehead atoms. The number of rotatable bonds is 9. The summed E-state index contributed by atoms with van der Waals surface area (Å²) in [6.07, 6.45) is 5.84. The molecule has 0 unspecified atom stereocenters. The zero-order valence-corrected chi connectivity index (χ0v) is 19.7. The van der Waals surface area contributed by atoms with Crippen LogP contribution in [0.25, 0.3) is 16.9 Å². The van der Waals surface area contributed by atoms with Crippen molar-refractivity contribution in [2.24, 2.45) is 0 Å². The molecule has 4 aromatic rings. The Labute approximate surface area is 194 Å². The second-order valence-electron chi connectivity index (χ2n) is 7.79. The van der Waals surface area contributed by atoms with Gasteiger partial charge in [0.1, 0.15) is 17.1 Å². The van der Waals surface area contributed by atoms with E-state index >= 15 is 0 Å². The van der Waals surface area contributed by atoms with Crippen LogP contribution in [-0.2, 0) is 10.0 Å². The number of aromatic nitrogens is 2. The zero-order chi connectivity index (χ0) is 23.4. The minimum absolute atomic E-state index is 0.140. The first-order chi connectivity index (χ1) is 15.9. The second-order valence-corrected chi connectivity index (χ2v) is 9.47. The topological polar surface area (TPSA) is 81.9 Å². The van der Waals surface area contributed by atoms with Crippen LogP contribution in [0.15, 0.2) is 71.9 Å². The Morgan fingerprint density at radius 2 is 1.85 bits per heavy atom. The Kier molecular flexibility index (Phi) is 6.55. The smallest absolute Gasteiger partial charge is 0.262 e. The number of aryl methyl sites for hydroxylation is 1. The molecule has 0 aliphatic heterocycles. The number of sulfonamides is 1. The molecule has 0 atom stereocenters. The molecule has 0 saturated carbocycles. The maximum atomic E-state index is 13.0.